The summed E-state index contributed by atoms with van der Waals surface area (Å²) in [6.07, 6.45) is 3.33. The predicted octanol–water partition coefficient (Wildman–Crippen LogP) is 3.72. The van der Waals surface area contributed by atoms with Gasteiger partial charge in [-0.15, -0.1) is 0 Å². The molecule has 4 atom stereocenters. The molecule has 2 N–H and O–H groups in total. The van der Waals surface area contributed by atoms with Crippen molar-refractivity contribution in [2.75, 3.05) is 19.5 Å². The van der Waals surface area contributed by atoms with Crippen LogP contribution in [0.1, 0.15) is 20.1 Å². The highest BCUT2D eigenvalue weighted by atomic mass is 35.5. The number of methoxy groups -OCH3 is 1. The zero-order valence-corrected chi connectivity index (χ0v) is 20.1. The van der Waals surface area contributed by atoms with Crippen LogP contribution in [0.5, 0.6) is 11.5 Å². The Morgan fingerprint density at radius 1 is 1.09 bits per heavy atom. The van der Waals surface area contributed by atoms with Crippen LogP contribution >= 0.6 is 11.6 Å². The van der Waals surface area contributed by atoms with E-state index < -0.39 is 18.1 Å². The van der Waals surface area contributed by atoms with Crippen molar-refractivity contribution in [2.45, 2.75) is 44.2 Å². The molecule has 35 heavy (non-hydrogen) atoms. The summed E-state index contributed by atoms with van der Waals surface area (Å²) in [7, 11) is 1.58. The number of benzene rings is 1. The first-order chi connectivity index (χ1) is 16.8. The van der Waals surface area contributed by atoms with Crippen LogP contribution in [0.4, 0.5) is 5.82 Å². The maximum atomic E-state index is 6.43. The summed E-state index contributed by atoms with van der Waals surface area (Å²) >= 11 is 6.32. The molecule has 2 aliphatic rings. The Morgan fingerprint density at radius 3 is 2.74 bits per heavy atom. The maximum Gasteiger partial charge on any atom is 0.164 e. The molecule has 6 rings (SSSR count). The van der Waals surface area contributed by atoms with E-state index in [0.29, 0.717) is 33.5 Å². The number of ether oxygens (including phenoxy) is 5. The molecule has 0 unspecified atom stereocenters. The Labute approximate surface area is 205 Å². The van der Waals surface area contributed by atoms with Gasteiger partial charge < -0.3 is 34.0 Å². The number of hydrogen-bond donors (Lipinski definition) is 1. The van der Waals surface area contributed by atoms with Crippen molar-refractivity contribution in [3.8, 4) is 11.5 Å². The minimum atomic E-state index is -0.770. The molecule has 0 saturated carbocycles. The molecule has 2 saturated heterocycles. The molecule has 11 heteroatoms. The van der Waals surface area contributed by atoms with Crippen molar-refractivity contribution in [2.24, 2.45) is 0 Å². The zero-order chi connectivity index (χ0) is 24.3. The van der Waals surface area contributed by atoms with E-state index >= 15 is 0 Å². The van der Waals surface area contributed by atoms with E-state index in [9.17, 15) is 0 Å². The number of nitrogen functional groups attached to an aromatic ring is 1. The third kappa shape index (κ3) is 3.73. The fourth-order valence-corrected chi connectivity index (χ4v) is 4.99. The van der Waals surface area contributed by atoms with Gasteiger partial charge in [0.2, 0.25) is 0 Å². The third-order valence-corrected chi connectivity index (χ3v) is 6.65. The number of anilines is 1. The van der Waals surface area contributed by atoms with Crippen LogP contribution in [0, 0.1) is 0 Å². The summed E-state index contributed by atoms with van der Waals surface area (Å²) in [5, 5.41) is 2.12. The molecular weight excluding hydrogens is 474 g/mol. The van der Waals surface area contributed by atoms with Crippen LogP contribution < -0.4 is 15.2 Å². The summed E-state index contributed by atoms with van der Waals surface area (Å²) in [5.74, 6) is 0.715. The first-order valence-corrected chi connectivity index (χ1v) is 11.6. The van der Waals surface area contributed by atoms with Crippen molar-refractivity contribution in [3.05, 3.63) is 48.0 Å². The second kappa shape index (κ2) is 8.20. The van der Waals surface area contributed by atoms with Crippen molar-refractivity contribution in [1.82, 2.24) is 19.5 Å². The molecule has 3 aromatic heterocycles. The zero-order valence-electron chi connectivity index (χ0n) is 19.3. The topological polar surface area (TPSA) is 116 Å². The van der Waals surface area contributed by atoms with Gasteiger partial charge in [-0.1, -0.05) is 11.6 Å². The minimum Gasteiger partial charge on any atom is -0.493 e. The fraction of sp³-hybridized carbons (Fsp3) is 0.375. The minimum absolute atomic E-state index is 0.204. The molecule has 0 aliphatic carbocycles. The molecule has 0 radical (unpaired) electrons. The van der Waals surface area contributed by atoms with E-state index in [0.717, 1.165) is 10.8 Å². The third-order valence-electron chi connectivity index (χ3n) is 6.32. The van der Waals surface area contributed by atoms with Gasteiger partial charge >= 0.3 is 0 Å². The number of nitrogens with zero attached hydrogens (tertiary/aromatic N) is 4. The van der Waals surface area contributed by atoms with Crippen LogP contribution in [0.2, 0.25) is 5.02 Å². The molecule has 2 fully saturated rings. The highest BCUT2D eigenvalue weighted by molar-refractivity contribution is 6.35. The SMILES string of the molecule is COc1cc2c(Cl)ccnc2cc1OC[C@H]1O[C@@H](n2ccc3c(N)ncnc32)[C@@H]2OC(C)(C)O[C@@H]21. The summed E-state index contributed by atoms with van der Waals surface area (Å²) < 4.78 is 32.5. The van der Waals surface area contributed by atoms with Crippen molar-refractivity contribution in [3.63, 3.8) is 0 Å². The fourth-order valence-electron chi connectivity index (χ4n) is 4.78. The van der Waals surface area contributed by atoms with Gasteiger partial charge in [-0.3, -0.25) is 4.98 Å². The monoisotopic (exact) mass is 497 g/mol. The van der Waals surface area contributed by atoms with Crippen molar-refractivity contribution >= 4 is 39.4 Å². The van der Waals surface area contributed by atoms with Crippen molar-refractivity contribution in [1.29, 1.82) is 0 Å². The number of halogens is 1. The summed E-state index contributed by atoms with van der Waals surface area (Å²) in [6, 6.07) is 7.22. The van der Waals surface area contributed by atoms with E-state index in [1.165, 1.54) is 6.33 Å². The number of rotatable bonds is 5. The molecule has 4 aromatic rings. The normalized spacial score (nSPS) is 25.3. The predicted molar refractivity (Wildman–Crippen MR) is 128 cm³/mol. The molecule has 0 amide bonds. The number of hydrogen-bond acceptors (Lipinski definition) is 9. The Kier molecular flexibility index (Phi) is 5.22. The lowest BCUT2D eigenvalue weighted by Crippen LogP contribution is -2.34. The second-order valence-corrected chi connectivity index (χ2v) is 9.38. The molecule has 0 bridgehead atoms. The smallest absolute Gasteiger partial charge is 0.164 e. The lowest BCUT2D eigenvalue weighted by Gasteiger charge is -2.25. The number of fused-ring (bicyclic) bond motifs is 3. The first kappa shape index (κ1) is 22.3. The van der Waals surface area contributed by atoms with Crippen molar-refractivity contribution < 1.29 is 23.7 Å². The van der Waals surface area contributed by atoms with Gasteiger partial charge in [-0.2, -0.15) is 0 Å². The van der Waals surface area contributed by atoms with Gasteiger partial charge in [-0.05, 0) is 32.0 Å². The summed E-state index contributed by atoms with van der Waals surface area (Å²) in [6.45, 7) is 3.97. The molecule has 2 aliphatic heterocycles. The maximum absolute atomic E-state index is 6.43. The summed E-state index contributed by atoms with van der Waals surface area (Å²) in [4.78, 5) is 12.9. The molecule has 10 nitrogen and oxygen atoms in total. The van der Waals surface area contributed by atoms with Crippen LogP contribution in [0.25, 0.3) is 21.9 Å². The highest BCUT2D eigenvalue weighted by Gasteiger charge is 2.56. The van der Waals surface area contributed by atoms with Gasteiger partial charge in [0.25, 0.3) is 0 Å². The Balaban J connectivity index is 1.30. The van der Waals surface area contributed by atoms with Crippen LogP contribution in [0.15, 0.2) is 43.0 Å². The quantitative estimate of drug-likeness (QED) is 0.440. The van der Waals surface area contributed by atoms with Crippen LogP contribution in [0.3, 0.4) is 0 Å². The van der Waals surface area contributed by atoms with Gasteiger partial charge in [0.1, 0.15) is 42.7 Å². The lowest BCUT2D eigenvalue weighted by molar-refractivity contribution is -0.198. The second-order valence-electron chi connectivity index (χ2n) is 8.97. The average Bonchev–Trinajstić information content (AvgIpc) is 3.49. The van der Waals surface area contributed by atoms with Gasteiger partial charge in [0.15, 0.2) is 23.5 Å². The van der Waals surface area contributed by atoms with Gasteiger partial charge in [0.05, 0.1) is 23.0 Å². The molecule has 182 valence electrons. The van der Waals surface area contributed by atoms with E-state index in [-0.39, 0.29) is 18.8 Å². The molecule has 5 heterocycles. The molecular formula is C24H24ClN5O5. The average molecular weight is 498 g/mol. The Bertz CT molecular complexity index is 1430. The number of aromatic nitrogens is 4. The van der Waals surface area contributed by atoms with Crippen LogP contribution in [-0.4, -0.2) is 57.3 Å². The Morgan fingerprint density at radius 2 is 1.91 bits per heavy atom. The van der Waals surface area contributed by atoms with Gasteiger partial charge in [0, 0.05) is 23.8 Å². The highest BCUT2D eigenvalue weighted by Crippen LogP contribution is 2.44. The standard InChI is InChI=1S/C24H24ClN5O5/c1-24(2)34-19-18(10-32-17-9-15-13(8-16(17)31-3)14(25)4-6-27-15)33-23(20(19)35-24)30-7-5-12-21(26)28-11-29-22(12)30/h4-9,11,18-20,23H,10H2,1-3H3,(H2,26,28,29)/t18-,19-,20-,23-/m1/s1. The van der Waals surface area contributed by atoms with Crippen LogP contribution in [-0.2, 0) is 14.2 Å². The van der Waals surface area contributed by atoms with E-state index in [2.05, 4.69) is 15.0 Å². The van der Waals surface area contributed by atoms with E-state index in [1.807, 2.05) is 36.7 Å². The largest absolute Gasteiger partial charge is 0.493 e. The van der Waals surface area contributed by atoms with Gasteiger partial charge in [-0.25, -0.2) is 9.97 Å². The van der Waals surface area contributed by atoms with E-state index in [1.54, 1.807) is 25.4 Å². The number of pyridine rings is 1. The Hall–Kier alpha value is -3.18. The van der Waals surface area contributed by atoms with E-state index in [4.69, 9.17) is 41.0 Å². The molecule has 1 aromatic carbocycles. The molecule has 0 spiro atoms. The number of nitrogens with two attached hydrogens (primary N) is 1. The first-order valence-electron chi connectivity index (χ1n) is 11.2. The lowest BCUT2D eigenvalue weighted by atomic mass is 10.1. The summed E-state index contributed by atoms with van der Waals surface area (Å²) in [5.41, 5.74) is 7.39.